The molecule has 0 saturated heterocycles. The summed E-state index contributed by atoms with van der Waals surface area (Å²) in [5.41, 5.74) is 6.36. The number of thioether (sulfide) groups is 1. The van der Waals surface area contributed by atoms with E-state index >= 15 is 0 Å². The van der Waals surface area contributed by atoms with Crippen LogP contribution in [-0.2, 0) is 5.75 Å². The van der Waals surface area contributed by atoms with Crippen LogP contribution in [0.25, 0.3) is 0 Å². The van der Waals surface area contributed by atoms with Gasteiger partial charge in [-0.15, -0.1) is 11.3 Å². The number of hydrogen-bond acceptors (Lipinski definition) is 3. The van der Waals surface area contributed by atoms with Gasteiger partial charge in [0, 0.05) is 21.6 Å². The zero-order valence-electron chi connectivity index (χ0n) is 6.96. The first kappa shape index (κ1) is 9.66. The number of thiophene rings is 1. The Morgan fingerprint density at radius 1 is 1.67 bits per heavy atom. The van der Waals surface area contributed by atoms with Gasteiger partial charge in [-0.2, -0.15) is 11.8 Å². The summed E-state index contributed by atoms with van der Waals surface area (Å²) in [4.78, 5) is 1.38. The lowest BCUT2D eigenvalue weighted by atomic mass is 10.3. The van der Waals surface area contributed by atoms with E-state index in [-0.39, 0.29) is 0 Å². The molecule has 1 aromatic heterocycles. The minimum atomic E-state index is 0.438. The first-order valence-corrected chi connectivity index (χ1v) is 5.89. The summed E-state index contributed by atoms with van der Waals surface area (Å²) in [5.74, 6) is 6.93. The minimum Gasteiger partial charge on any atom is -0.320 e. The average Bonchev–Trinajstić information content (AvgIpc) is 2.50. The van der Waals surface area contributed by atoms with Crippen molar-refractivity contribution in [2.24, 2.45) is 5.73 Å². The third-order valence-corrected chi connectivity index (χ3v) is 2.99. The smallest absolute Gasteiger partial charge is 0.0555 e. The molecule has 0 unspecified atom stereocenters. The molecule has 1 aromatic rings. The summed E-state index contributed by atoms with van der Waals surface area (Å²) in [6.45, 7) is 0.438. The van der Waals surface area contributed by atoms with Gasteiger partial charge in [-0.25, -0.2) is 0 Å². The van der Waals surface area contributed by atoms with Crippen LogP contribution in [0.3, 0.4) is 0 Å². The molecule has 2 N–H and O–H groups in total. The molecule has 1 rings (SSSR count). The molecule has 1 heterocycles. The van der Waals surface area contributed by atoms with Crippen molar-refractivity contribution >= 4 is 23.1 Å². The summed E-state index contributed by atoms with van der Waals surface area (Å²) < 4.78 is 0. The van der Waals surface area contributed by atoms with Crippen LogP contribution >= 0.6 is 23.1 Å². The standard InChI is InChI=1S/C9H11NS2/c1-11-7-9-5-8(6-12-9)3-2-4-10/h5-6H,4,7,10H2,1H3. The average molecular weight is 197 g/mol. The van der Waals surface area contributed by atoms with Gasteiger partial charge in [0.25, 0.3) is 0 Å². The van der Waals surface area contributed by atoms with Gasteiger partial charge in [0.05, 0.1) is 6.54 Å². The van der Waals surface area contributed by atoms with E-state index in [1.54, 1.807) is 11.3 Å². The van der Waals surface area contributed by atoms with Gasteiger partial charge < -0.3 is 5.73 Å². The molecule has 0 atom stereocenters. The number of nitrogens with two attached hydrogens (primary N) is 1. The molecule has 3 heteroatoms. The molecule has 0 spiro atoms. The van der Waals surface area contributed by atoms with Gasteiger partial charge in [-0.05, 0) is 12.3 Å². The van der Waals surface area contributed by atoms with E-state index in [9.17, 15) is 0 Å². The lowest BCUT2D eigenvalue weighted by molar-refractivity contribution is 1.30. The van der Waals surface area contributed by atoms with Crippen molar-refractivity contribution in [3.8, 4) is 11.8 Å². The molecule has 0 saturated carbocycles. The maximum Gasteiger partial charge on any atom is 0.0555 e. The molecule has 0 bridgehead atoms. The fourth-order valence-electron chi connectivity index (χ4n) is 0.817. The molecule has 0 fully saturated rings. The van der Waals surface area contributed by atoms with Crippen molar-refractivity contribution in [3.05, 3.63) is 21.9 Å². The van der Waals surface area contributed by atoms with Crippen molar-refractivity contribution in [1.82, 2.24) is 0 Å². The zero-order chi connectivity index (χ0) is 8.81. The highest BCUT2D eigenvalue weighted by Crippen LogP contribution is 2.18. The summed E-state index contributed by atoms with van der Waals surface area (Å²) in [7, 11) is 0. The van der Waals surface area contributed by atoms with Gasteiger partial charge in [0.15, 0.2) is 0 Å². The molecule has 0 radical (unpaired) electrons. The molecule has 0 aliphatic carbocycles. The second-order valence-corrected chi connectivity index (χ2v) is 4.10. The Hall–Kier alpha value is -0.430. The van der Waals surface area contributed by atoms with Crippen LogP contribution in [-0.4, -0.2) is 12.8 Å². The van der Waals surface area contributed by atoms with Gasteiger partial charge in [-0.3, -0.25) is 0 Å². The van der Waals surface area contributed by atoms with Crippen LogP contribution in [0.5, 0.6) is 0 Å². The van der Waals surface area contributed by atoms with Crippen LogP contribution in [0.1, 0.15) is 10.4 Å². The van der Waals surface area contributed by atoms with E-state index in [1.807, 2.05) is 11.8 Å². The van der Waals surface area contributed by atoms with Crippen molar-refractivity contribution in [2.75, 3.05) is 12.8 Å². The molecular weight excluding hydrogens is 186 g/mol. The summed E-state index contributed by atoms with van der Waals surface area (Å²) in [6.07, 6.45) is 2.10. The quantitative estimate of drug-likeness (QED) is 0.733. The highest BCUT2D eigenvalue weighted by atomic mass is 32.2. The van der Waals surface area contributed by atoms with E-state index < -0.39 is 0 Å². The lowest BCUT2D eigenvalue weighted by Crippen LogP contribution is -1.92. The second-order valence-electron chi connectivity index (χ2n) is 2.24. The summed E-state index contributed by atoms with van der Waals surface area (Å²) >= 11 is 3.59. The maximum atomic E-state index is 5.27. The Kier molecular flexibility index (Phi) is 4.23. The second kappa shape index (κ2) is 5.26. The normalized spacial score (nSPS) is 9.17. The highest BCUT2D eigenvalue weighted by molar-refractivity contribution is 7.97. The van der Waals surface area contributed by atoms with E-state index in [0.29, 0.717) is 6.54 Å². The van der Waals surface area contributed by atoms with Gasteiger partial charge >= 0.3 is 0 Å². The third kappa shape index (κ3) is 2.90. The van der Waals surface area contributed by atoms with Crippen molar-refractivity contribution in [1.29, 1.82) is 0 Å². The third-order valence-electron chi connectivity index (χ3n) is 1.28. The predicted octanol–water partition coefficient (Wildman–Crippen LogP) is 1.92. The highest BCUT2D eigenvalue weighted by Gasteiger charge is 1.95. The molecule has 0 amide bonds. The Morgan fingerprint density at radius 2 is 2.50 bits per heavy atom. The van der Waals surface area contributed by atoms with Gasteiger partial charge in [0.2, 0.25) is 0 Å². The number of hydrogen-bond donors (Lipinski definition) is 1. The Morgan fingerprint density at radius 3 is 3.17 bits per heavy atom. The molecule has 12 heavy (non-hydrogen) atoms. The monoisotopic (exact) mass is 197 g/mol. The first-order valence-electron chi connectivity index (χ1n) is 3.62. The Labute approximate surface area is 81.4 Å². The molecule has 0 aliphatic heterocycles. The van der Waals surface area contributed by atoms with Crippen molar-refractivity contribution in [3.63, 3.8) is 0 Å². The molecule has 64 valence electrons. The Bertz CT molecular complexity index is 293. The van der Waals surface area contributed by atoms with Crippen molar-refractivity contribution in [2.45, 2.75) is 5.75 Å². The van der Waals surface area contributed by atoms with E-state index in [0.717, 1.165) is 11.3 Å². The zero-order valence-corrected chi connectivity index (χ0v) is 8.60. The first-order chi connectivity index (χ1) is 5.86. The summed E-state index contributed by atoms with van der Waals surface area (Å²) in [6, 6.07) is 2.13. The largest absolute Gasteiger partial charge is 0.320 e. The van der Waals surface area contributed by atoms with Crippen LogP contribution < -0.4 is 5.73 Å². The molecule has 0 aliphatic rings. The van der Waals surface area contributed by atoms with Gasteiger partial charge in [0.1, 0.15) is 0 Å². The van der Waals surface area contributed by atoms with Crippen LogP contribution in [0.15, 0.2) is 11.4 Å². The van der Waals surface area contributed by atoms with Crippen LogP contribution in [0.4, 0.5) is 0 Å². The van der Waals surface area contributed by atoms with Gasteiger partial charge in [-0.1, -0.05) is 11.8 Å². The molecule has 0 aromatic carbocycles. The maximum absolute atomic E-state index is 5.27. The minimum absolute atomic E-state index is 0.438. The van der Waals surface area contributed by atoms with E-state index in [1.165, 1.54) is 4.88 Å². The molecule has 1 nitrogen and oxygen atoms in total. The summed E-state index contributed by atoms with van der Waals surface area (Å²) in [5, 5.41) is 2.08. The lowest BCUT2D eigenvalue weighted by Gasteiger charge is -1.86. The fraction of sp³-hybridized carbons (Fsp3) is 0.333. The van der Waals surface area contributed by atoms with Crippen LogP contribution in [0, 0.1) is 11.8 Å². The van der Waals surface area contributed by atoms with Crippen molar-refractivity contribution < 1.29 is 0 Å². The number of rotatable bonds is 2. The van der Waals surface area contributed by atoms with Crippen LogP contribution in [0.2, 0.25) is 0 Å². The van der Waals surface area contributed by atoms with E-state index in [2.05, 4.69) is 29.5 Å². The molecular formula is C9H11NS2. The SMILES string of the molecule is CSCc1cc(C#CCN)cs1. The fourth-order valence-corrected chi connectivity index (χ4v) is 2.41. The topological polar surface area (TPSA) is 26.0 Å². The predicted molar refractivity (Wildman–Crippen MR) is 57.5 cm³/mol. The Balaban J connectivity index is 2.64. The van der Waals surface area contributed by atoms with E-state index in [4.69, 9.17) is 5.73 Å².